The third-order valence-electron chi connectivity index (χ3n) is 10.9. The van der Waals surface area contributed by atoms with Crippen LogP contribution in [0.3, 0.4) is 0 Å². The van der Waals surface area contributed by atoms with Gasteiger partial charge in [0.2, 0.25) is 0 Å². The Labute approximate surface area is 363 Å². The molecular weight excluding hydrogens is 917 g/mol. The van der Waals surface area contributed by atoms with Crippen LogP contribution in [0.15, 0.2) is 132 Å². The maximum absolute atomic E-state index is 6.55. The van der Waals surface area contributed by atoms with Gasteiger partial charge in [0.1, 0.15) is 5.58 Å². The Morgan fingerprint density at radius 3 is 2.05 bits per heavy atom. The van der Waals surface area contributed by atoms with Crippen LogP contribution in [0, 0.1) is 26.0 Å². The van der Waals surface area contributed by atoms with E-state index in [1.54, 1.807) is 0 Å². The fourth-order valence-corrected chi connectivity index (χ4v) is 8.78. The fraction of sp³-hybridized carbons (Fsp3) is 0.212. The van der Waals surface area contributed by atoms with Gasteiger partial charge in [-0.3, -0.25) is 9.97 Å². The maximum atomic E-state index is 6.55. The Morgan fingerprint density at radius 1 is 0.712 bits per heavy atom. The SMILES string of the molecule is C[Si](C)(C)c1ccc(-c2[c-]cccc2)nc1.Cc1cc2c(cn1)oc1c(-c3nc4ccccc4n3-c3c(C(C)C)cc(-c4ccccc4)cc3C(C)C)[c-]cc(C)c12.[Ir]. The molecule has 0 bridgehead atoms. The van der Waals surface area contributed by atoms with Gasteiger partial charge >= 0.3 is 0 Å². The number of hydrogen-bond acceptors (Lipinski definition) is 4. The van der Waals surface area contributed by atoms with Crippen molar-refractivity contribution in [1.29, 1.82) is 0 Å². The normalized spacial score (nSPS) is 11.6. The first-order valence-electron chi connectivity index (χ1n) is 20.2. The zero-order valence-electron chi connectivity index (χ0n) is 35.3. The second-order valence-electron chi connectivity index (χ2n) is 16.9. The first kappa shape index (κ1) is 41.7. The molecule has 9 rings (SSSR count). The average Bonchev–Trinajstić information content (AvgIpc) is 3.80. The summed E-state index contributed by atoms with van der Waals surface area (Å²) >= 11 is 0. The molecule has 0 N–H and O–H groups in total. The van der Waals surface area contributed by atoms with Gasteiger partial charge in [0, 0.05) is 43.1 Å². The molecule has 0 unspecified atom stereocenters. The molecule has 0 saturated carbocycles. The molecule has 0 atom stereocenters. The summed E-state index contributed by atoms with van der Waals surface area (Å²) in [5, 5.41) is 3.56. The standard InChI is InChI=1S/C38H34N3O.C14H16NSi.Ir/c1-22(2)29-19-27(26-12-8-7-9-13-26)20-30(23(3)4)36(29)41-33-15-11-10-14-32(33)40-38(41)28-17-16-24(5)35-31-18-25(6)39-21-34(31)42-37(28)35;1-16(2,3)13-9-10-14(15-11-13)12-7-5-4-6-8-12;/h7-16,18-23H,1-6H3;4-7,9-11H,1-3H3;/q2*-1;. The second kappa shape index (κ2) is 17.0. The van der Waals surface area contributed by atoms with Crippen molar-refractivity contribution < 1.29 is 24.5 Å². The van der Waals surface area contributed by atoms with E-state index in [9.17, 15) is 0 Å². The van der Waals surface area contributed by atoms with E-state index < -0.39 is 8.07 Å². The number of nitrogens with zero attached hydrogens (tertiary/aromatic N) is 4. The Kier molecular flexibility index (Phi) is 12.0. The number of para-hydroxylation sites is 2. The molecular formula is C52H50IrN4OSi-2. The van der Waals surface area contributed by atoms with Gasteiger partial charge in [0.05, 0.1) is 36.7 Å². The van der Waals surface area contributed by atoms with E-state index in [4.69, 9.17) is 9.40 Å². The van der Waals surface area contributed by atoms with Gasteiger partial charge in [0.25, 0.3) is 0 Å². The summed E-state index contributed by atoms with van der Waals surface area (Å²) in [7, 11) is -1.23. The summed E-state index contributed by atoms with van der Waals surface area (Å²) in [5.74, 6) is 1.41. The zero-order valence-corrected chi connectivity index (χ0v) is 38.7. The number of furan rings is 1. The van der Waals surface area contributed by atoms with Gasteiger partial charge < -0.3 is 14.0 Å². The molecule has 0 fully saturated rings. The third kappa shape index (κ3) is 8.25. The van der Waals surface area contributed by atoms with Crippen molar-refractivity contribution in [3.8, 4) is 39.5 Å². The van der Waals surface area contributed by atoms with E-state index >= 15 is 0 Å². The third-order valence-corrected chi connectivity index (χ3v) is 12.9. The molecule has 0 aliphatic heterocycles. The van der Waals surface area contributed by atoms with Crippen molar-refractivity contribution in [3.63, 3.8) is 0 Å². The molecule has 7 heteroatoms. The topological polar surface area (TPSA) is 56.7 Å². The van der Waals surface area contributed by atoms with E-state index in [0.717, 1.165) is 66.9 Å². The summed E-state index contributed by atoms with van der Waals surface area (Å²) in [5.41, 5.74) is 14.8. The van der Waals surface area contributed by atoms with Crippen molar-refractivity contribution in [2.75, 3.05) is 0 Å². The number of aryl methyl sites for hydroxylation is 2. The summed E-state index contributed by atoms with van der Waals surface area (Å²) in [6.07, 6.45) is 3.84. The van der Waals surface area contributed by atoms with Crippen LogP contribution in [0.1, 0.15) is 61.9 Å². The second-order valence-corrected chi connectivity index (χ2v) is 21.9. The molecule has 0 amide bonds. The van der Waals surface area contributed by atoms with Crippen molar-refractivity contribution in [3.05, 3.63) is 162 Å². The van der Waals surface area contributed by atoms with E-state index in [1.807, 2.05) is 43.6 Å². The molecule has 0 aliphatic rings. The number of hydrogen-bond donors (Lipinski definition) is 0. The number of benzene rings is 5. The molecule has 59 heavy (non-hydrogen) atoms. The fourth-order valence-electron chi connectivity index (χ4n) is 7.74. The number of imidazole rings is 1. The summed E-state index contributed by atoms with van der Waals surface area (Å²) < 4.78 is 8.90. The van der Waals surface area contributed by atoms with Gasteiger partial charge in [-0.05, 0) is 82.2 Å². The number of rotatable bonds is 7. The number of pyridine rings is 2. The predicted molar refractivity (Wildman–Crippen MR) is 245 cm³/mol. The molecule has 5 nitrogen and oxygen atoms in total. The van der Waals surface area contributed by atoms with Crippen LogP contribution in [0.4, 0.5) is 0 Å². The van der Waals surface area contributed by atoms with Crippen molar-refractivity contribution in [2.45, 2.75) is 73.0 Å². The first-order valence-corrected chi connectivity index (χ1v) is 23.7. The quantitative estimate of drug-likeness (QED) is 0.118. The Bertz CT molecular complexity index is 2860. The van der Waals surface area contributed by atoms with Crippen LogP contribution in [0.2, 0.25) is 19.6 Å². The average molecular weight is 967 g/mol. The van der Waals surface area contributed by atoms with E-state index in [2.05, 4.69) is 172 Å². The smallest absolute Gasteiger partial charge is 0.139 e. The summed E-state index contributed by atoms with van der Waals surface area (Å²) in [4.78, 5) is 14.3. The van der Waals surface area contributed by atoms with Gasteiger partial charge in [-0.25, -0.2) is 0 Å². The Morgan fingerprint density at radius 2 is 1.41 bits per heavy atom. The molecule has 0 spiro atoms. The largest absolute Gasteiger partial charge is 0.499 e. The molecule has 299 valence electrons. The van der Waals surface area contributed by atoms with Crippen LogP contribution in [0.25, 0.3) is 72.4 Å². The maximum Gasteiger partial charge on any atom is 0.139 e. The van der Waals surface area contributed by atoms with Crippen molar-refractivity contribution in [1.82, 2.24) is 19.5 Å². The van der Waals surface area contributed by atoms with Crippen LogP contribution in [-0.2, 0) is 20.1 Å². The Balaban J connectivity index is 0.000000262. The zero-order chi connectivity index (χ0) is 40.7. The molecule has 0 aliphatic carbocycles. The predicted octanol–water partition coefficient (Wildman–Crippen LogP) is 13.4. The molecule has 9 aromatic rings. The van der Waals surface area contributed by atoms with E-state index in [-0.39, 0.29) is 31.9 Å². The van der Waals surface area contributed by atoms with Crippen LogP contribution in [-0.4, -0.2) is 27.6 Å². The van der Waals surface area contributed by atoms with Gasteiger partial charge in [0.15, 0.2) is 0 Å². The van der Waals surface area contributed by atoms with Crippen LogP contribution in [0.5, 0.6) is 0 Å². The minimum absolute atomic E-state index is 0. The molecule has 5 aromatic carbocycles. The van der Waals surface area contributed by atoms with E-state index in [0.29, 0.717) is 0 Å². The van der Waals surface area contributed by atoms with Crippen LogP contribution >= 0.6 is 0 Å². The molecule has 0 saturated heterocycles. The van der Waals surface area contributed by atoms with Crippen molar-refractivity contribution >= 4 is 46.2 Å². The van der Waals surface area contributed by atoms with Crippen LogP contribution < -0.4 is 5.19 Å². The van der Waals surface area contributed by atoms with Gasteiger partial charge in [-0.15, -0.1) is 53.6 Å². The molecule has 4 aromatic heterocycles. The molecule has 1 radical (unpaired) electrons. The summed E-state index contributed by atoms with van der Waals surface area (Å²) in [6.45, 7) is 20.2. The summed E-state index contributed by atoms with van der Waals surface area (Å²) in [6, 6.07) is 47.0. The van der Waals surface area contributed by atoms with Crippen molar-refractivity contribution in [2.24, 2.45) is 0 Å². The van der Waals surface area contributed by atoms with Gasteiger partial charge in [-0.1, -0.05) is 120 Å². The number of fused-ring (bicyclic) bond motifs is 4. The Hall–Kier alpha value is -5.46. The number of aromatic nitrogens is 4. The van der Waals surface area contributed by atoms with E-state index in [1.165, 1.54) is 33.1 Å². The minimum atomic E-state index is -1.23. The monoisotopic (exact) mass is 967 g/mol. The van der Waals surface area contributed by atoms with Gasteiger partial charge in [-0.2, -0.15) is 0 Å². The minimum Gasteiger partial charge on any atom is -0.499 e. The molecule has 4 heterocycles. The first-order chi connectivity index (χ1) is 27.9.